The van der Waals surface area contributed by atoms with Gasteiger partial charge in [0.2, 0.25) is 0 Å². The highest BCUT2D eigenvalue weighted by molar-refractivity contribution is 7.92. The number of nitrogens with zero attached hydrogens (tertiary/aromatic N) is 2. The van der Waals surface area contributed by atoms with Crippen molar-refractivity contribution in [3.63, 3.8) is 0 Å². The van der Waals surface area contributed by atoms with Crippen molar-refractivity contribution in [2.75, 3.05) is 10.0 Å². The fourth-order valence-electron chi connectivity index (χ4n) is 2.22. The summed E-state index contributed by atoms with van der Waals surface area (Å²) in [5.41, 5.74) is 1.24. The second kappa shape index (κ2) is 6.78. The van der Waals surface area contributed by atoms with E-state index >= 15 is 0 Å². The van der Waals surface area contributed by atoms with Crippen LogP contribution in [0.5, 0.6) is 0 Å². The average molecular weight is 356 g/mol. The van der Waals surface area contributed by atoms with Gasteiger partial charge in [0, 0.05) is 18.9 Å². The summed E-state index contributed by atoms with van der Waals surface area (Å²) in [4.78, 5) is 12.3. The third-order valence-electron chi connectivity index (χ3n) is 3.39. The Balaban J connectivity index is 1.77. The van der Waals surface area contributed by atoms with E-state index < -0.39 is 10.0 Å². The molecule has 2 N–H and O–H groups in total. The summed E-state index contributed by atoms with van der Waals surface area (Å²) in [6.45, 7) is 0. The number of carbonyl (C=O) groups is 1. The van der Waals surface area contributed by atoms with Crippen molar-refractivity contribution in [1.29, 1.82) is 0 Å². The van der Waals surface area contributed by atoms with Gasteiger partial charge in [0.25, 0.3) is 15.9 Å². The second-order valence-corrected chi connectivity index (χ2v) is 7.04. The lowest BCUT2D eigenvalue weighted by molar-refractivity contribution is 0.102. The van der Waals surface area contributed by atoms with Gasteiger partial charge >= 0.3 is 0 Å². The first-order valence-corrected chi connectivity index (χ1v) is 8.90. The Morgan fingerprint density at radius 1 is 1.04 bits per heavy atom. The number of hydrogen-bond acceptors (Lipinski definition) is 4. The van der Waals surface area contributed by atoms with Crippen molar-refractivity contribution in [3.05, 3.63) is 72.6 Å². The number of rotatable bonds is 5. The lowest BCUT2D eigenvalue weighted by Crippen LogP contribution is -2.14. The number of sulfonamides is 1. The molecule has 1 heterocycles. The van der Waals surface area contributed by atoms with Crippen molar-refractivity contribution < 1.29 is 13.2 Å². The molecule has 0 aliphatic rings. The van der Waals surface area contributed by atoms with Crippen LogP contribution in [0.25, 0.3) is 0 Å². The quantitative estimate of drug-likeness (QED) is 0.734. The van der Waals surface area contributed by atoms with Gasteiger partial charge < -0.3 is 5.32 Å². The first-order valence-electron chi connectivity index (χ1n) is 7.42. The van der Waals surface area contributed by atoms with E-state index in [1.165, 1.54) is 23.0 Å². The molecule has 7 nitrogen and oxygen atoms in total. The van der Waals surface area contributed by atoms with E-state index in [0.29, 0.717) is 16.9 Å². The number of aryl methyl sites for hydroxylation is 1. The molecule has 0 saturated carbocycles. The molecule has 0 aliphatic heterocycles. The summed E-state index contributed by atoms with van der Waals surface area (Å²) in [5, 5.41) is 6.65. The molecule has 0 fully saturated rings. The van der Waals surface area contributed by atoms with Gasteiger partial charge in [0.15, 0.2) is 0 Å². The molecule has 0 aliphatic carbocycles. The summed E-state index contributed by atoms with van der Waals surface area (Å²) < 4.78 is 28.7. The van der Waals surface area contributed by atoms with Crippen LogP contribution in [0.2, 0.25) is 0 Å². The Bertz CT molecular complexity index is 997. The predicted octanol–water partition coefficient (Wildman–Crippen LogP) is 2.47. The first-order chi connectivity index (χ1) is 11.9. The molecule has 0 spiro atoms. The van der Waals surface area contributed by atoms with E-state index in [1.54, 1.807) is 55.7 Å². The zero-order valence-corrected chi connectivity index (χ0v) is 14.2. The molecule has 0 bridgehead atoms. The van der Waals surface area contributed by atoms with E-state index in [-0.39, 0.29) is 10.8 Å². The number of hydrogen-bond donors (Lipinski definition) is 2. The summed E-state index contributed by atoms with van der Waals surface area (Å²) in [7, 11) is -1.97. The molecule has 25 heavy (non-hydrogen) atoms. The largest absolute Gasteiger partial charge is 0.322 e. The number of amides is 1. The van der Waals surface area contributed by atoms with Crippen LogP contribution in [-0.4, -0.2) is 24.1 Å². The minimum Gasteiger partial charge on any atom is -0.322 e. The van der Waals surface area contributed by atoms with E-state index in [2.05, 4.69) is 15.1 Å². The highest BCUT2D eigenvalue weighted by Gasteiger charge is 2.14. The smallest absolute Gasteiger partial charge is 0.261 e. The molecule has 3 rings (SSSR count). The molecule has 1 aromatic heterocycles. The number of nitrogens with one attached hydrogen (secondary N) is 2. The Morgan fingerprint density at radius 2 is 1.76 bits per heavy atom. The van der Waals surface area contributed by atoms with Crippen LogP contribution in [0.3, 0.4) is 0 Å². The minimum atomic E-state index is -3.68. The fourth-order valence-corrected chi connectivity index (χ4v) is 3.29. The van der Waals surface area contributed by atoms with Gasteiger partial charge in [-0.2, -0.15) is 5.10 Å². The van der Waals surface area contributed by atoms with Crippen LogP contribution in [0, 0.1) is 0 Å². The molecule has 0 saturated heterocycles. The van der Waals surface area contributed by atoms with Crippen molar-refractivity contribution >= 4 is 27.3 Å². The number of carbonyl (C=O) groups excluding carboxylic acids is 1. The Hall–Kier alpha value is -3.13. The van der Waals surface area contributed by atoms with Crippen LogP contribution < -0.4 is 10.0 Å². The molecule has 2 aromatic carbocycles. The number of anilines is 2. The molecule has 8 heteroatoms. The lowest BCUT2D eigenvalue weighted by Gasteiger charge is -2.10. The van der Waals surface area contributed by atoms with Gasteiger partial charge in [-0.15, -0.1) is 0 Å². The molecule has 0 radical (unpaired) electrons. The SMILES string of the molecule is Cn1cc(C(=O)Nc2cccc(NS(=O)(=O)c3ccccc3)c2)cn1. The van der Waals surface area contributed by atoms with E-state index in [4.69, 9.17) is 0 Å². The summed E-state index contributed by atoms with van der Waals surface area (Å²) in [6, 6.07) is 14.6. The molecule has 1 amide bonds. The van der Waals surface area contributed by atoms with Crippen molar-refractivity contribution in [1.82, 2.24) is 9.78 Å². The van der Waals surface area contributed by atoms with Gasteiger partial charge in [-0.25, -0.2) is 8.42 Å². The van der Waals surface area contributed by atoms with Crippen LogP contribution in [0.4, 0.5) is 11.4 Å². The molecule has 0 atom stereocenters. The second-order valence-electron chi connectivity index (χ2n) is 5.36. The molecular weight excluding hydrogens is 340 g/mol. The molecule has 0 unspecified atom stereocenters. The highest BCUT2D eigenvalue weighted by atomic mass is 32.2. The van der Waals surface area contributed by atoms with Crippen molar-refractivity contribution in [2.24, 2.45) is 7.05 Å². The van der Waals surface area contributed by atoms with E-state index in [9.17, 15) is 13.2 Å². The van der Waals surface area contributed by atoms with Crippen molar-refractivity contribution in [2.45, 2.75) is 4.90 Å². The minimum absolute atomic E-state index is 0.166. The van der Waals surface area contributed by atoms with Crippen LogP contribution in [-0.2, 0) is 17.1 Å². The van der Waals surface area contributed by atoms with Crippen LogP contribution >= 0.6 is 0 Å². The Kier molecular flexibility index (Phi) is 4.53. The predicted molar refractivity (Wildman–Crippen MR) is 94.9 cm³/mol. The monoisotopic (exact) mass is 356 g/mol. The van der Waals surface area contributed by atoms with Crippen molar-refractivity contribution in [3.8, 4) is 0 Å². The van der Waals surface area contributed by atoms with E-state index in [0.717, 1.165) is 0 Å². The summed E-state index contributed by atoms with van der Waals surface area (Å²) in [6.07, 6.45) is 3.05. The van der Waals surface area contributed by atoms with E-state index in [1.807, 2.05) is 0 Å². The normalized spacial score (nSPS) is 11.1. The molecule has 3 aromatic rings. The number of benzene rings is 2. The molecule has 128 valence electrons. The standard InChI is InChI=1S/C17H16N4O3S/c1-21-12-13(11-18-21)17(22)19-14-6-5-7-15(10-14)20-25(23,24)16-8-3-2-4-9-16/h2-12,20H,1H3,(H,19,22). The zero-order chi connectivity index (χ0) is 17.9. The third-order valence-corrected chi connectivity index (χ3v) is 4.79. The topological polar surface area (TPSA) is 93.1 Å². The third kappa shape index (κ3) is 4.04. The lowest BCUT2D eigenvalue weighted by atomic mass is 10.2. The van der Waals surface area contributed by atoms with Gasteiger partial charge in [0.1, 0.15) is 0 Å². The Morgan fingerprint density at radius 3 is 2.44 bits per heavy atom. The highest BCUT2D eigenvalue weighted by Crippen LogP contribution is 2.20. The van der Waals surface area contributed by atoms with Gasteiger partial charge in [0.05, 0.1) is 22.3 Å². The molecular formula is C17H16N4O3S. The van der Waals surface area contributed by atoms with Gasteiger partial charge in [-0.05, 0) is 30.3 Å². The Labute approximate surface area is 145 Å². The number of aromatic nitrogens is 2. The zero-order valence-electron chi connectivity index (χ0n) is 13.4. The van der Waals surface area contributed by atoms with Gasteiger partial charge in [-0.3, -0.25) is 14.2 Å². The van der Waals surface area contributed by atoms with Crippen LogP contribution in [0.1, 0.15) is 10.4 Å². The maximum absolute atomic E-state index is 12.3. The summed E-state index contributed by atoms with van der Waals surface area (Å²) in [5.74, 6) is -0.323. The average Bonchev–Trinajstić information content (AvgIpc) is 3.02. The maximum atomic E-state index is 12.3. The van der Waals surface area contributed by atoms with Crippen LogP contribution in [0.15, 0.2) is 71.9 Å². The first kappa shape index (κ1) is 16.7. The maximum Gasteiger partial charge on any atom is 0.261 e. The summed E-state index contributed by atoms with van der Waals surface area (Å²) >= 11 is 0. The fraction of sp³-hybridized carbons (Fsp3) is 0.0588. The van der Waals surface area contributed by atoms with Gasteiger partial charge in [-0.1, -0.05) is 24.3 Å².